The van der Waals surface area contributed by atoms with E-state index >= 15 is 0 Å². The molecular weight excluding hydrogens is 383 g/mol. The lowest BCUT2D eigenvalue weighted by Gasteiger charge is -2.26. The van der Waals surface area contributed by atoms with Gasteiger partial charge >= 0.3 is 0 Å². The molecule has 0 spiro atoms. The van der Waals surface area contributed by atoms with E-state index in [-0.39, 0.29) is 5.88 Å². The van der Waals surface area contributed by atoms with Crippen LogP contribution in [-0.2, 0) is 6.54 Å². The zero-order valence-corrected chi connectivity index (χ0v) is 16.6. The van der Waals surface area contributed by atoms with E-state index in [4.69, 9.17) is 14.2 Å². The van der Waals surface area contributed by atoms with Gasteiger partial charge in [-0.1, -0.05) is 24.3 Å². The molecule has 1 atom stereocenters. The molecule has 0 bridgehead atoms. The van der Waals surface area contributed by atoms with Crippen molar-refractivity contribution in [2.75, 3.05) is 19.8 Å². The van der Waals surface area contributed by atoms with Gasteiger partial charge in [-0.05, 0) is 60.8 Å². The van der Waals surface area contributed by atoms with Crippen molar-refractivity contribution in [1.82, 2.24) is 9.88 Å². The average Bonchev–Trinajstić information content (AvgIpc) is 3.23. The van der Waals surface area contributed by atoms with Gasteiger partial charge in [0.05, 0.1) is 0 Å². The highest BCUT2D eigenvalue weighted by Crippen LogP contribution is 2.38. The van der Waals surface area contributed by atoms with Gasteiger partial charge in [0.15, 0.2) is 11.5 Å². The normalized spacial score (nSPS) is 18.4. The van der Waals surface area contributed by atoms with Crippen molar-refractivity contribution in [3.05, 3.63) is 77.7 Å². The molecule has 0 saturated carbocycles. The van der Waals surface area contributed by atoms with Gasteiger partial charge < -0.3 is 14.2 Å². The van der Waals surface area contributed by atoms with E-state index in [1.54, 1.807) is 12.1 Å². The molecule has 3 heterocycles. The first-order chi connectivity index (χ1) is 14.7. The summed E-state index contributed by atoms with van der Waals surface area (Å²) in [4.78, 5) is 6.23. The topological polar surface area (TPSA) is 43.8 Å². The number of halogens is 1. The highest BCUT2D eigenvalue weighted by atomic mass is 19.1. The van der Waals surface area contributed by atoms with Crippen LogP contribution in [0.15, 0.2) is 60.7 Å². The molecule has 2 aromatic carbocycles. The fourth-order valence-corrected chi connectivity index (χ4v) is 4.12. The number of aromatic nitrogens is 1. The number of fused-ring (bicyclic) bond motifs is 1. The Morgan fingerprint density at radius 3 is 2.67 bits per heavy atom. The smallest absolute Gasteiger partial charge is 0.221 e. The van der Waals surface area contributed by atoms with E-state index in [9.17, 15) is 4.39 Å². The van der Waals surface area contributed by atoms with Crippen molar-refractivity contribution in [1.29, 1.82) is 0 Å². The van der Waals surface area contributed by atoms with E-state index < -0.39 is 5.95 Å². The fourth-order valence-electron chi connectivity index (χ4n) is 4.12. The van der Waals surface area contributed by atoms with Crippen LogP contribution in [0, 0.1) is 5.95 Å². The van der Waals surface area contributed by atoms with E-state index in [1.807, 2.05) is 30.3 Å². The maximum absolute atomic E-state index is 13.2. The minimum absolute atomic E-state index is 0.251. The van der Waals surface area contributed by atoms with Crippen molar-refractivity contribution in [2.45, 2.75) is 25.4 Å². The number of ether oxygens (including phenoxy) is 3. The minimum Gasteiger partial charge on any atom is -0.486 e. The maximum Gasteiger partial charge on any atom is 0.221 e. The van der Waals surface area contributed by atoms with Crippen LogP contribution in [0.3, 0.4) is 0 Å². The summed E-state index contributed by atoms with van der Waals surface area (Å²) in [7, 11) is 0. The van der Waals surface area contributed by atoms with Crippen molar-refractivity contribution < 1.29 is 18.6 Å². The molecule has 2 aliphatic heterocycles. The number of pyridine rings is 1. The van der Waals surface area contributed by atoms with Gasteiger partial charge in [-0.2, -0.15) is 9.37 Å². The van der Waals surface area contributed by atoms with Crippen LogP contribution < -0.4 is 14.2 Å². The van der Waals surface area contributed by atoms with Crippen LogP contribution in [0.5, 0.6) is 23.1 Å². The predicted octanol–water partition coefficient (Wildman–Crippen LogP) is 5.12. The second-order valence-corrected chi connectivity index (χ2v) is 7.58. The lowest BCUT2D eigenvalue weighted by molar-refractivity contribution is 0.170. The molecule has 0 aliphatic carbocycles. The molecule has 0 amide bonds. The first kappa shape index (κ1) is 18.9. The Morgan fingerprint density at radius 1 is 1.00 bits per heavy atom. The Morgan fingerprint density at radius 2 is 1.83 bits per heavy atom. The Labute approximate surface area is 175 Å². The SMILES string of the molecule is Fc1cccc(Oc2ccc(CN3CCCC3c3ccc4c(c3)OCCO4)cc2)n1. The van der Waals surface area contributed by atoms with Gasteiger partial charge in [0.25, 0.3) is 0 Å². The summed E-state index contributed by atoms with van der Waals surface area (Å²) in [5.41, 5.74) is 2.48. The number of hydrogen-bond acceptors (Lipinski definition) is 5. The van der Waals surface area contributed by atoms with Crippen molar-refractivity contribution in [3.8, 4) is 23.1 Å². The van der Waals surface area contributed by atoms with E-state index in [0.717, 1.165) is 31.0 Å². The predicted molar refractivity (Wildman–Crippen MR) is 111 cm³/mol. The number of likely N-dealkylation sites (tertiary alicyclic amines) is 1. The van der Waals surface area contributed by atoms with Crippen LogP contribution in [0.25, 0.3) is 0 Å². The maximum atomic E-state index is 13.2. The quantitative estimate of drug-likeness (QED) is 0.550. The van der Waals surface area contributed by atoms with E-state index in [1.165, 1.54) is 23.6 Å². The summed E-state index contributed by atoms with van der Waals surface area (Å²) >= 11 is 0. The lowest BCUT2D eigenvalue weighted by Crippen LogP contribution is -2.23. The van der Waals surface area contributed by atoms with Gasteiger partial charge in [0.1, 0.15) is 19.0 Å². The summed E-state index contributed by atoms with van der Waals surface area (Å²) in [6.45, 7) is 3.13. The third-order valence-corrected chi connectivity index (χ3v) is 5.54. The highest BCUT2D eigenvalue weighted by Gasteiger charge is 2.27. The molecule has 1 fully saturated rings. The third-order valence-electron chi connectivity index (χ3n) is 5.54. The third kappa shape index (κ3) is 4.09. The molecule has 30 heavy (non-hydrogen) atoms. The van der Waals surface area contributed by atoms with Crippen molar-refractivity contribution in [2.24, 2.45) is 0 Å². The van der Waals surface area contributed by atoms with Gasteiger partial charge in [-0.15, -0.1) is 0 Å². The Balaban J connectivity index is 1.27. The summed E-state index contributed by atoms with van der Waals surface area (Å²) in [6.07, 6.45) is 2.30. The van der Waals surface area contributed by atoms with Gasteiger partial charge in [-0.25, -0.2) is 0 Å². The molecule has 3 aromatic rings. The first-order valence-corrected chi connectivity index (χ1v) is 10.3. The molecule has 1 aromatic heterocycles. The molecule has 5 rings (SSSR count). The van der Waals surface area contributed by atoms with E-state index in [0.29, 0.717) is 25.0 Å². The van der Waals surface area contributed by atoms with Crippen LogP contribution in [0.4, 0.5) is 4.39 Å². The summed E-state index contributed by atoms with van der Waals surface area (Å²) in [5.74, 6) is 2.02. The van der Waals surface area contributed by atoms with Crippen LogP contribution in [0.1, 0.15) is 30.0 Å². The number of hydrogen-bond donors (Lipinski definition) is 0. The molecule has 1 saturated heterocycles. The standard InChI is InChI=1S/C24H23FN2O3/c25-23-4-1-5-24(26-23)30-19-9-6-17(7-10-19)16-27-12-2-3-20(27)18-8-11-21-22(15-18)29-14-13-28-21/h1,4-11,15,20H,2-3,12-14,16H2. The van der Waals surface area contributed by atoms with Crippen LogP contribution in [0.2, 0.25) is 0 Å². The molecule has 154 valence electrons. The molecule has 5 nitrogen and oxygen atoms in total. The zero-order chi connectivity index (χ0) is 20.3. The Bertz CT molecular complexity index is 1030. The zero-order valence-electron chi connectivity index (χ0n) is 16.6. The van der Waals surface area contributed by atoms with Gasteiger partial charge in [-0.3, -0.25) is 4.90 Å². The van der Waals surface area contributed by atoms with Gasteiger partial charge in [0.2, 0.25) is 11.8 Å². The van der Waals surface area contributed by atoms with Crippen LogP contribution in [-0.4, -0.2) is 29.6 Å². The van der Waals surface area contributed by atoms with Gasteiger partial charge in [0, 0.05) is 18.7 Å². The monoisotopic (exact) mass is 406 g/mol. The average molecular weight is 406 g/mol. The summed E-state index contributed by atoms with van der Waals surface area (Å²) in [5, 5.41) is 0. The molecule has 6 heteroatoms. The number of benzene rings is 2. The van der Waals surface area contributed by atoms with E-state index in [2.05, 4.69) is 22.0 Å². The second-order valence-electron chi connectivity index (χ2n) is 7.58. The lowest BCUT2D eigenvalue weighted by atomic mass is 10.0. The number of nitrogens with zero attached hydrogens (tertiary/aromatic N) is 2. The second kappa shape index (κ2) is 8.32. The number of rotatable bonds is 5. The summed E-state index contributed by atoms with van der Waals surface area (Å²) in [6, 6.07) is 19.1. The highest BCUT2D eigenvalue weighted by molar-refractivity contribution is 5.45. The fraction of sp³-hybridized carbons (Fsp3) is 0.292. The Hall–Kier alpha value is -3.12. The summed E-state index contributed by atoms with van der Waals surface area (Å²) < 4.78 is 30.3. The molecular formula is C24H23FN2O3. The minimum atomic E-state index is -0.552. The van der Waals surface area contributed by atoms with Crippen LogP contribution >= 0.6 is 0 Å². The Kier molecular flexibility index (Phi) is 5.24. The molecule has 1 unspecified atom stereocenters. The van der Waals surface area contributed by atoms with Crippen molar-refractivity contribution >= 4 is 0 Å². The molecule has 0 radical (unpaired) electrons. The van der Waals surface area contributed by atoms with Crippen molar-refractivity contribution in [3.63, 3.8) is 0 Å². The molecule has 0 N–H and O–H groups in total. The molecule has 2 aliphatic rings. The largest absolute Gasteiger partial charge is 0.486 e. The first-order valence-electron chi connectivity index (χ1n) is 10.3.